The molecular weight excluding hydrogens is 791 g/mol. The van der Waals surface area contributed by atoms with Crippen LogP contribution in [0.3, 0.4) is 0 Å². The van der Waals surface area contributed by atoms with Crippen molar-refractivity contribution in [3.05, 3.63) is 217 Å². The fourth-order valence-electron chi connectivity index (χ4n) is 9.93. The van der Waals surface area contributed by atoms with E-state index in [9.17, 15) is 0 Å². The molecular formula is C60H39N5. The van der Waals surface area contributed by atoms with Gasteiger partial charge in [0.1, 0.15) is 0 Å². The summed E-state index contributed by atoms with van der Waals surface area (Å²) in [5.74, 6) is 1.93. The van der Waals surface area contributed by atoms with Crippen LogP contribution in [0, 0.1) is 0 Å². The van der Waals surface area contributed by atoms with Gasteiger partial charge >= 0.3 is 0 Å². The molecule has 1 aliphatic rings. The number of aryl methyl sites for hydroxylation is 1. The molecule has 1 aliphatic carbocycles. The molecule has 0 spiro atoms. The second kappa shape index (κ2) is 15.1. The molecule has 0 bridgehead atoms. The summed E-state index contributed by atoms with van der Waals surface area (Å²) in [5.41, 5.74) is 14.0. The van der Waals surface area contributed by atoms with E-state index in [1.165, 1.54) is 38.2 Å². The summed E-state index contributed by atoms with van der Waals surface area (Å²) in [7, 11) is 0. The zero-order valence-electron chi connectivity index (χ0n) is 35.4. The molecule has 0 N–H and O–H groups in total. The Morgan fingerprint density at radius 2 is 1.06 bits per heavy atom. The third kappa shape index (κ3) is 6.23. The lowest BCUT2D eigenvalue weighted by Crippen LogP contribution is -2.01. The minimum absolute atomic E-state index is 0.630. The normalized spacial score (nSPS) is 12.4. The molecule has 0 aliphatic heterocycles. The molecule has 0 saturated heterocycles. The highest BCUT2D eigenvalue weighted by Gasteiger charge is 2.22. The lowest BCUT2D eigenvalue weighted by molar-refractivity contribution is 0.985. The van der Waals surface area contributed by atoms with Crippen LogP contribution < -0.4 is 0 Å². The van der Waals surface area contributed by atoms with Crippen LogP contribution in [0.2, 0.25) is 0 Å². The molecule has 0 atom stereocenters. The number of pyridine rings is 1. The van der Waals surface area contributed by atoms with Gasteiger partial charge in [-0.15, -0.1) is 0 Å². The Hall–Kier alpha value is -8.54. The second-order valence-corrected chi connectivity index (χ2v) is 16.9. The van der Waals surface area contributed by atoms with Crippen molar-refractivity contribution in [2.24, 2.45) is 0 Å². The Kier molecular flexibility index (Phi) is 8.59. The van der Waals surface area contributed by atoms with Crippen LogP contribution in [0.5, 0.6) is 0 Å². The van der Waals surface area contributed by atoms with Crippen molar-refractivity contribution in [3.63, 3.8) is 0 Å². The molecule has 5 nitrogen and oxygen atoms in total. The van der Waals surface area contributed by atoms with E-state index in [-0.39, 0.29) is 0 Å². The molecule has 5 heteroatoms. The van der Waals surface area contributed by atoms with Gasteiger partial charge < -0.3 is 4.57 Å². The highest BCUT2D eigenvalue weighted by molar-refractivity contribution is 6.29. The predicted molar refractivity (Wildman–Crippen MR) is 269 cm³/mol. The Morgan fingerprint density at radius 1 is 0.400 bits per heavy atom. The smallest absolute Gasteiger partial charge is 0.164 e. The van der Waals surface area contributed by atoms with Gasteiger partial charge in [-0.05, 0) is 82.1 Å². The molecule has 304 valence electrons. The van der Waals surface area contributed by atoms with Gasteiger partial charge in [-0.3, -0.25) is 0 Å². The first-order chi connectivity index (χ1) is 32.2. The number of benzene rings is 9. The number of fused-ring (bicyclic) bond motifs is 9. The highest BCUT2D eigenvalue weighted by Crippen LogP contribution is 2.44. The molecule has 13 rings (SSSR count). The Morgan fingerprint density at radius 3 is 1.89 bits per heavy atom. The summed E-state index contributed by atoms with van der Waals surface area (Å²) in [4.78, 5) is 21.1. The van der Waals surface area contributed by atoms with Gasteiger partial charge in [-0.1, -0.05) is 176 Å². The maximum Gasteiger partial charge on any atom is 0.164 e. The number of para-hydroxylation sites is 3. The van der Waals surface area contributed by atoms with E-state index < -0.39 is 0 Å². The van der Waals surface area contributed by atoms with E-state index in [1.54, 1.807) is 0 Å². The Balaban J connectivity index is 0.978. The lowest BCUT2D eigenvalue weighted by Gasteiger charge is -2.15. The van der Waals surface area contributed by atoms with E-state index in [0.29, 0.717) is 17.5 Å². The monoisotopic (exact) mass is 829 g/mol. The Labute approximate surface area is 375 Å². The average Bonchev–Trinajstić information content (AvgIpc) is 3.73. The van der Waals surface area contributed by atoms with Gasteiger partial charge in [0.25, 0.3) is 0 Å². The number of allylic oxidation sites excluding steroid dienone is 1. The zero-order chi connectivity index (χ0) is 42.8. The second-order valence-electron chi connectivity index (χ2n) is 16.9. The Bertz CT molecular complexity index is 3870. The van der Waals surface area contributed by atoms with Crippen LogP contribution in [-0.2, 0) is 6.42 Å². The quantitative estimate of drug-likeness (QED) is 0.157. The van der Waals surface area contributed by atoms with Crippen molar-refractivity contribution in [2.45, 2.75) is 12.8 Å². The number of hydrogen-bond acceptors (Lipinski definition) is 4. The van der Waals surface area contributed by atoms with Crippen LogP contribution in [0.15, 0.2) is 206 Å². The number of aromatic nitrogens is 5. The van der Waals surface area contributed by atoms with E-state index in [2.05, 4.69) is 217 Å². The van der Waals surface area contributed by atoms with Crippen molar-refractivity contribution in [2.75, 3.05) is 0 Å². The number of rotatable bonds is 6. The molecule has 0 saturated carbocycles. The first-order valence-electron chi connectivity index (χ1n) is 22.3. The average molecular weight is 830 g/mol. The van der Waals surface area contributed by atoms with Gasteiger partial charge in [-0.2, -0.15) is 0 Å². The van der Waals surface area contributed by atoms with Crippen molar-refractivity contribution in [1.82, 2.24) is 24.5 Å². The minimum Gasteiger partial charge on any atom is -0.309 e. The lowest BCUT2D eigenvalue weighted by atomic mass is 9.93. The fourth-order valence-corrected chi connectivity index (χ4v) is 9.93. The fraction of sp³-hybridized carbons (Fsp3) is 0.0333. The summed E-state index contributed by atoms with van der Waals surface area (Å²) < 4.78 is 2.38. The molecule has 3 aromatic heterocycles. The summed E-state index contributed by atoms with van der Waals surface area (Å²) in [6.45, 7) is 0. The summed E-state index contributed by atoms with van der Waals surface area (Å²) in [6.07, 6.45) is 6.57. The predicted octanol–water partition coefficient (Wildman–Crippen LogP) is 15.1. The third-order valence-electron chi connectivity index (χ3n) is 13.1. The maximum absolute atomic E-state index is 5.66. The van der Waals surface area contributed by atoms with E-state index >= 15 is 0 Å². The van der Waals surface area contributed by atoms with Crippen LogP contribution >= 0.6 is 0 Å². The maximum atomic E-state index is 5.66. The van der Waals surface area contributed by atoms with Gasteiger partial charge in [0.15, 0.2) is 17.5 Å². The van der Waals surface area contributed by atoms with Gasteiger partial charge in [-0.25, -0.2) is 19.9 Å². The third-order valence-corrected chi connectivity index (χ3v) is 13.1. The molecule has 0 fully saturated rings. The molecule has 0 radical (unpaired) electrons. The van der Waals surface area contributed by atoms with Crippen molar-refractivity contribution in [1.29, 1.82) is 0 Å². The molecule has 12 aromatic rings. The summed E-state index contributed by atoms with van der Waals surface area (Å²) in [6, 6.07) is 71.2. The van der Waals surface area contributed by atoms with Crippen LogP contribution in [0.1, 0.15) is 17.5 Å². The first-order valence-corrected chi connectivity index (χ1v) is 22.3. The van der Waals surface area contributed by atoms with Crippen LogP contribution in [0.4, 0.5) is 0 Å². The first kappa shape index (κ1) is 37.1. The summed E-state index contributed by atoms with van der Waals surface area (Å²) in [5, 5.41) is 8.18. The number of hydrogen-bond donors (Lipinski definition) is 0. The van der Waals surface area contributed by atoms with Crippen molar-refractivity contribution >= 4 is 60.3 Å². The molecule has 3 heterocycles. The van der Waals surface area contributed by atoms with Crippen molar-refractivity contribution in [3.8, 4) is 62.2 Å². The number of nitrogens with zero attached hydrogens (tertiary/aromatic N) is 5. The SMILES string of the molecule is C1=Cc2cc(-c3nc(-c4ccc(-c5cccc6c5nc(-c5ccccc5)c5c6ccc6c5c5ccccc5n6-c5ccccc5)cc4)nc(-c4ccc5ccccc5c4)n3)ccc2CC1. The molecule has 9 aromatic carbocycles. The topological polar surface area (TPSA) is 56.5 Å². The van der Waals surface area contributed by atoms with Crippen LogP contribution in [-0.4, -0.2) is 24.5 Å². The minimum atomic E-state index is 0.630. The summed E-state index contributed by atoms with van der Waals surface area (Å²) >= 11 is 0. The van der Waals surface area contributed by atoms with Crippen LogP contribution in [0.25, 0.3) is 123 Å². The van der Waals surface area contributed by atoms with Gasteiger partial charge in [0.05, 0.1) is 22.2 Å². The molecule has 0 amide bonds. The van der Waals surface area contributed by atoms with E-state index in [0.717, 1.165) is 84.8 Å². The molecule has 65 heavy (non-hydrogen) atoms. The molecule has 0 unspecified atom stereocenters. The van der Waals surface area contributed by atoms with E-state index in [1.807, 2.05) is 0 Å². The zero-order valence-corrected chi connectivity index (χ0v) is 35.4. The van der Waals surface area contributed by atoms with Gasteiger partial charge in [0, 0.05) is 55.0 Å². The van der Waals surface area contributed by atoms with Gasteiger partial charge in [0.2, 0.25) is 0 Å². The largest absolute Gasteiger partial charge is 0.309 e. The highest BCUT2D eigenvalue weighted by atomic mass is 15.0. The van der Waals surface area contributed by atoms with Crippen molar-refractivity contribution < 1.29 is 0 Å². The van der Waals surface area contributed by atoms with E-state index in [4.69, 9.17) is 19.9 Å². The standard InChI is InChI=1S/C60H39N5/c1-3-16-41(17-4-1)56-55-49(34-35-53-54(55)51-22-11-12-25-52(51)65(53)47-20-5-2-6-21-47)50-24-13-23-48(57(50)61-56)40-28-30-42(31-29-40)58-62-59(45-32-26-38-14-7-9-18-43(38)36-45)64-60(63-58)46-33-27-39-15-8-10-19-44(39)37-46/h1-7,9-14,16-37H,8,15H2.